The zero-order valence-corrected chi connectivity index (χ0v) is 10.4. The van der Waals surface area contributed by atoms with Gasteiger partial charge in [-0.15, -0.1) is 0 Å². The number of carbonyl (C=O) groups is 1. The van der Waals surface area contributed by atoms with Gasteiger partial charge in [0, 0.05) is 0 Å². The summed E-state index contributed by atoms with van der Waals surface area (Å²) >= 11 is 0. The summed E-state index contributed by atoms with van der Waals surface area (Å²) in [5.74, 6) is -0.600. The van der Waals surface area contributed by atoms with Gasteiger partial charge in [-0.2, -0.15) is 0 Å². The Bertz CT molecular complexity index is 722. The van der Waals surface area contributed by atoms with E-state index in [0.29, 0.717) is 10.8 Å². The van der Waals surface area contributed by atoms with Crippen LogP contribution in [0.5, 0.6) is 0 Å². The Balaban J connectivity index is 2.85. The van der Waals surface area contributed by atoms with Gasteiger partial charge in [0.2, 0.25) is 10.0 Å². The molecule has 0 heterocycles. The molecule has 18 heavy (non-hydrogen) atoms. The molecule has 2 N–H and O–H groups in total. The lowest BCUT2D eigenvalue weighted by molar-refractivity contribution is 0.0602. The Kier molecular flexibility index (Phi) is 3.06. The van der Waals surface area contributed by atoms with Crippen LogP contribution in [0, 0.1) is 0 Å². The SMILES string of the molecule is COC(=O)c1cc(S(N)(=O)=O)cc2ccccc12. The van der Waals surface area contributed by atoms with E-state index in [-0.39, 0.29) is 10.5 Å². The number of benzene rings is 2. The highest BCUT2D eigenvalue weighted by Gasteiger charge is 2.16. The Morgan fingerprint density at radius 2 is 1.89 bits per heavy atom. The number of hydrogen-bond donors (Lipinski definition) is 1. The molecule has 5 nitrogen and oxygen atoms in total. The summed E-state index contributed by atoms with van der Waals surface area (Å²) in [4.78, 5) is 11.5. The summed E-state index contributed by atoms with van der Waals surface area (Å²) < 4.78 is 27.4. The van der Waals surface area contributed by atoms with Crippen LogP contribution in [0.25, 0.3) is 10.8 Å². The Labute approximate surface area is 104 Å². The highest BCUT2D eigenvalue weighted by Crippen LogP contribution is 2.23. The van der Waals surface area contributed by atoms with Crippen LogP contribution in [0.15, 0.2) is 41.3 Å². The molecule has 2 rings (SSSR count). The number of methoxy groups -OCH3 is 1. The summed E-state index contributed by atoms with van der Waals surface area (Å²) in [6.45, 7) is 0. The molecule has 6 heteroatoms. The predicted molar refractivity (Wildman–Crippen MR) is 66.7 cm³/mol. The summed E-state index contributed by atoms with van der Waals surface area (Å²) in [5.41, 5.74) is 0.180. The third-order valence-electron chi connectivity index (χ3n) is 2.57. The van der Waals surface area contributed by atoms with Crippen molar-refractivity contribution in [1.82, 2.24) is 0 Å². The van der Waals surface area contributed by atoms with Gasteiger partial charge in [0.1, 0.15) is 0 Å². The van der Waals surface area contributed by atoms with Crippen molar-refractivity contribution in [3.63, 3.8) is 0 Å². The summed E-state index contributed by atoms with van der Waals surface area (Å²) in [6, 6.07) is 9.58. The van der Waals surface area contributed by atoms with Gasteiger partial charge in [-0.05, 0) is 22.9 Å². The van der Waals surface area contributed by atoms with Crippen molar-refractivity contribution in [2.45, 2.75) is 4.90 Å². The Morgan fingerprint density at radius 1 is 1.22 bits per heavy atom. The first-order chi connectivity index (χ1) is 8.43. The first-order valence-electron chi connectivity index (χ1n) is 5.07. The molecule has 0 radical (unpaired) electrons. The summed E-state index contributed by atoms with van der Waals surface area (Å²) in [5, 5.41) is 6.32. The minimum absolute atomic E-state index is 0.110. The van der Waals surface area contributed by atoms with E-state index >= 15 is 0 Å². The van der Waals surface area contributed by atoms with E-state index < -0.39 is 16.0 Å². The van der Waals surface area contributed by atoms with Crippen LogP contribution in [0.4, 0.5) is 0 Å². The number of esters is 1. The first kappa shape index (κ1) is 12.5. The number of fused-ring (bicyclic) bond motifs is 1. The molecule has 94 valence electrons. The number of sulfonamides is 1. The predicted octanol–water partition coefficient (Wildman–Crippen LogP) is 1.27. The minimum Gasteiger partial charge on any atom is -0.465 e. The van der Waals surface area contributed by atoms with E-state index in [1.54, 1.807) is 24.3 Å². The maximum atomic E-state index is 11.6. The molecule has 2 aromatic carbocycles. The van der Waals surface area contributed by atoms with Gasteiger partial charge in [0.25, 0.3) is 0 Å². The van der Waals surface area contributed by atoms with Crippen molar-refractivity contribution in [2.24, 2.45) is 5.14 Å². The molecule has 0 fully saturated rings. The van der Waals surface area contributed by atoms with Crippen molar-refractivity contribution in [2.75, 3.05) is 7.11 Å². The number of primary sulfonamides is 1. The zero-order chi connectivity index (χ0) is 13.3. The highest BCUT2D eigenvalue weighted by atomic mass is 32.2. The van der Waals surface area contributed by atoms with E-state index in [2.05, 4.69) is 4.74 Å². The van der Waals surface area contributed by atoms with Crippen molar-refractivity contribution >= 4 is 26.8 Å². The van der Waals surface area contributed by atoms with E-state index in [1.807, 2.05) is 0 Å². The number of rotatable bonds is 2. The largest absolute Gasteiger partial charge is 0.465 e. The second-order valence-corrected chi connectivity index (χ2v) is 5.29. The van der Waals surface area contributed by atoms with Crippen LogP contribution in [0.2, 0.25) is 0 Å². The minimum atomic E-state index is -3.87. The molecule has 0 spiro atoms. The van der Waals surface area contributed by atoms with Gasteiger partial charge >= 0.3 is 5.97 Å². The monoisotopic (exact) mass is 265 g/mol. The van der Waals surface area contributed by atoms with Gasteiger partial charge in [-0.3, -0.25) is 0 Å². The smallest absolute Gasteiger partial charge is 0.338 e. The van der Waals surface area contributed by atoms with Gasteiger partial charge in [0.05, 0.1) is 17.6 Å². The number of hydrogen-bond acceptors (Lipinski definition) is 4. The number of nitrogens with two attached hydrogens (primary N) is 1. The molecule has 0 aliphatic heterocycles. The van der Waals surface area contributed by atoms with Crippen molar-refractivity contribution in [3.8, 4) is 0 Å². The van der Waals surface area contributed by atoms with E-state index in [9.17, 15) is 13.2 Å². The van der Waals surface area contributed by atoms with Gasteiger partial charge in [0.15, 0.2) is 0 Å². The normalized spacial score (nSPS) is 11.4. The highest BCUT2D eigenvalue weighted by molar-refractivity contribution is 7.89. The Hall–Kier alpha value is -1.92. The fourth-order valence-corrected chi connectivity index (χ4v) is 2.30. The molecule has 0 bridgehead atoms. The molecular weight excluding hydrogens is 254 g/mol. The molecular formula is C12H11NO4S. The number of carbonyl (C=O) groups excluding carboxylic acids is 1. The third-order valence-corrected chi connectivity index (χ3v) is 3.46. The van der Waals surface area contributed by atoms with Crippen LogP contribution in [-0.4, -0.2) is 21.5 Å². The van der Waals surface area contributed by atoms with Gasteiger partial charge in [-0.25, -0.2) is 18.4 Å². The zero-order valence-electron chi connectivity index (χ0n) is 9.58. The molecule has 0 atom stereocenters. The first-order valence-corrected chi connectivity index (χ1v) is 6.62. The average molecular weight is 265 g/mol. The third kappa shape index (κ3) is 2.20. The summed E-state index contributed by atoms with van der Waals surface area (Å²) in [6.07, 6.45) is 0. The molecule has 2 aromatic rings. The lowest BCUT2D eigenvalue weighted by atomic mass is 10.0. The molecule has 0 aliphatic carbocycles. The van der Waals surface area contributed by atoms with Crippen LogP contribution in [0.3, 0.4) is 0 Å². The molecule has 0 aliphatic rings. The molecule has 0 unspecified atom stereocenters. The fourth-order valence-electron chi connectivity index (χ4n) is 1.73. The molecule has 0 amide bonds. The van der Waals surface area contributed by atoms with Gasteiger partial charge in [-0.1, -0.05) is 24.3 Å². The molecule has 0 saturated heterocycles. The molecule has 0 aromatic heterocycles. The van der Waals surface area contributed by atoms with Crippen LogP contribution >= 0.6 is 0 Å². The van der Waals surface area contributed by atoms with E-state index in [4.69, 9.17) is 5.14 Å². The molecule has 0 saturated carbocycles. The Morgan fingerprint density at radius 3 is 2.50 bits per heavy atom. The van der Waals surface area contributed by atoms with Crippen LogP contribution in [0.1, 0.15) is 10.4 Å². The average Bonchev–Trinajstić information content (AvgIpc) is 2.35. The number of ether oxygens (including phenoxy) is 1. The van der Waals surface area contributed by atoms with E-state index in [1.165, 1.54) is 19.2 Å². The lowest BCUT2D eigenvalue weighted by Crippen LogP contribution is -2.13. The topological polar surface area (TPSA) is 86.5 Å². The van der Waals surface area contributed by atoms with Crippen LogP contribution in [-0.2, 0) is 14.8 Å². The van der Waals surface area contributed by atoms with Crippen molar-refractivity contribution < 1.29 is 17.9 Å². The lowest BCUT2D eigenvalue weighted by Gasteiger charge is -2.07. The van der Waals surface area contributed by atoms with Crippen molar-refractivity contribution in [3.05, 3.63) is 42.0 Å². The second kappa shape index (κ2) is 4.40. The quantitative estimate of drug-likeness (QED) is 0.828. The van der Waals surface area contributed by atoms with Gasteiger partial charge < -0.3 is 4.74 Å². The maximum Gasteiger partial charge on any atom is 0.338 e. The van der Waals surface area contributed by atoms with Crippen molar-refractivity contribution in [1.29, 1.82) is 0 Å². The standard InChI is InChI=1S/C12H11NO4S/c1-17-12(14)11-7-9(18(13,15)16)6-8-4-2-3-5-10(8)11/h2-7H,1H3,(H2,13,15,16). The summed E-state index contributed by atoms with van der Waals surface area (Å²) in [7, 11) is -2.63. The second-order valence-electron chi connectivity index (χ2n) is 3.73. The van der Waals surface area contributed by atoms with Crippen LogP contribution < -0.4 is 5.14 Å². The fraction of sp³-hybridized carbons (Fsp3) is 0.0833. The maximum absolute atomic E-state index is 11.6. The van der Waals surface area contributed by atoms with E-state index in [0.717, 1.165) is 0 Å².